The van der Waals surface area contributed by atoms with Gasteiger partial charge in [-0.1, -0.05) is 30.3 Å². The zero-order chi connectivity index (χ0) is 18.4. The lowest BCUT2D eigenvalue weighted by Crippen LogP contribution is -2.47. The Bertz CT molecular complexity index is 738. The molecule has 0 saturated carbocycles. The van der Waals surface area contributed by atoms with Crippen molar-refractivity contribution in [1.82, 2.24) is 20.0 Å². The molecule has 0 radical (unpaired) electrons. The Balaban J connectivity index is 1.45. The first-order chi connectivity index (χ1) is 12.6. The van der Waals surface area contributed by atoms with E-state index in [0.29, 0.717) is 38.3 Å². The second-order valence-electron chi connectivity index (χ2n) is 6.21. The number of urea groups is 1. The molecule has 2 heterocycles. The summed E-state index contributed by atoms with van der Waals surface area (Å²) in [5, 5.41) is 10.0. The van der Waals surface area contributed by atoms with Crippen molar-refractivity contribution < 1.29 is 14.3 Å². The molecule has 0 bridgehead atoms. The van der Waals surface area contributed by atoms with E-state index in [1.54, 1.807) is 15.6 Å². The van der Waals surface area contributed by atoms with Gasteiger partial charge in [0.25, 0.3) is 0 Å². The summed E-state index contributed by atoms with van der Waals surface area (Å²) in [4.78, 5) is 25.2. The quantitative estimate of drug-likeness (QED) is 0.879. The van der Waals surface area contributed by atoms with Crippen molar-refractivity contribution >= 4 is 17.9 Å². The highest BCUT2D eigenvalue weighted by atomic mass is 16.5. The third kappa shape index (κ3) is 4.75. The molecule has 0 spiro atoms. The van der Waals surface area contributed by atoms with E-state index in [0.717, 1.165) is 5.56 Å². The number of hydrogen-bond donors (Lipinski definition) is 2. The maximum absolute atomic E-state index is 12.1. The minimum absolute atomic E-state index is 0.0299. The average Bonchev–Trinajstić information content (AvgIpc) is 3.09. The maximum Gasteiger partial charge on any atom is 0.409 e. The van der Waals surface area contributed by atoms with Crippen LogP contribution < -0.4 is 10.6 Å². The fraction of sp³-hybridized carbons (Fsp3) is 0.389. The van der Waals surface area contributed by atoms with Crippen molar-refractivity contribution in [3.63, 3.8) is 0 Å². The second kappa shape index (κ2) is 8.37. The number of nitrogens with zero attached hydrogens (tertiary/aromatic N) is 3. The molecule has 0 atom stereocenters. The summed E-state index contributed by atoms with van der Waals surface area (Å²) in [6, 6.07) is 11.5. The van der Waals surface area contributed by atoms with Gasteiger partial charge in [0.05, 0.1) is 13.7 Å². The van der Waals surface area contributed by atoms with E-state index in [2.05, 4.69) is 15.7 Å². The number of aromatic nitrogens is 2. The van der Waals surface area contributed by atoms with Crippen LogP contribution in [-0.2, 0) is 11.3 Å². The first-order valence-electron chi connectivity index (χ1n) is 8.62. The molecule has 8 heteroatoms. The van der Waals surface area contributed by atoms with Gasteiger partial charge in [-0.3, -0.25) is 10.00 Å². The highest BCUT2D eigenvalue weighted by Gasteiger charge is 2.24. The lowest BCUT2D eigenvalue weighted by atomic mass is 10.1. The Morgan fingerprint density at radius 3 is 2.62 bits per heavy atom. The molecule has 3 amide bonds. The topological polar surface area (TPSA) is 88.5 Å². The van der Waals surface area contributed by atoms with Crippen LogP contribution in [0.1, 0.15) is 18.4 Å². The van der Waals surface area contributed by atoms with Crippen LogP contribution in [0.2, 0.25) is 0 Å². The third-order valence-electron chi connectivity index (χ3n) is 4.33. The first-order valence-corrected chi connectivity index (χ1v) is 8.62. The number of piperidine rings is 1. The van der Waals surface area contributed by atoms with Crippen LogP contribution in [0.15, 0.2) is 42.6 Å². The van der Waals surface area contributed by atoms with Gasteiger partial charge in [-0.25, -0.2) is 9.59 Å². The fourth-order valence-electron chi connectivity index (χ4n) is 2.96. The Morgan fingerprint density at radius 2 is 1.92 bits per heavy atom. The van der Waals surface area contributed by atoms with Crippen LogP contribution in [0, 0.1) is 0 Å². The summed E-state index contributed by atoms with van der Waals surface area (Å²) >= 11 is 0. The van der Waals surface area contributed by atoms with E-state index in [1.165, 1.54) is 7.11 Å². The van der Waals surface area contributed by atoms with E-state index in [1.807, 2.05) is 36.5 Å². The zero-order valence-corrected chi connectivity index (χ0v) is 14.7. The van der Waals surface area contributed by atoms with Gasteiger partial charge in [0, 0.05) is 31.4 Å². The molecule has 1 aromatic heterocycles. The van der Waals surface area contributed by atoms with Crippen LogP contribution in [0.3, 0.4) is 0 Å². The average molecular weight is 357 g/mol. The summed E-state index contributed by atoms with van der Waals surface area (Å²) in [6.07, 6.45) is 2.91. The van der Waals surface area contributed by atoms with Crippen LogP contribution in [-0.4, -0.2) is 53.0 Å². The van der Waals surface area contributed by atoms with Gasteiger partial charge in [-0.05, 0) is 18.4 Å². The van der Waals surface area contributed by atoms with Gasteiger partial charge in [0.15, 0.2) is 5.82 Å². The second-order valence-corrected chi connectivity index (χ2v) is 6.21. The van der Waals surface area contributed by atoms with Crippen molar-refractivity contribution in [3.05, 3.63) is 48.2 Å². The molecule has 1 aliphatic heterocycles. The maximum atomic E-state index is 12.1. The number of hydrogen-bond acceptors (Lipinski definition) is 4. The fourth-order valence-corrected chi connectivity index (χ4v) is 2.96. The van der Waals surface area contributed by atoms with Crippen LogP contribution >= 0.6 is 0 Å². The van der Waals surface area contributed by atoms with Gasteiger partial charge in [0.2, 0.25) is 0 Å². The molecule has 26 heavy (non-hydrogen) atoms. The largest absolute Gasteiger partial charge is 0.453 e. The number of amides is 3. The van der Waals surface area contributed by atoms with Crippen molar-refractivity contribution in [3.8, 4) is 0 Å². The van der Waals surface area contributed by atoms with Crippen molar-refractivity contribution in [2.45, 2.75) is 25.4 Å². The van der Waals surface area contributed by atoms with Crippen molar-refractivity contribution in [2.75, 3.05) is 25.5 Å². The monoisotopic (exact) mass is 357 g/mol. The summed E-state index contributed by atoms with van der Waals surface area (Å²) < 4.78 is 6.48. The lowest BCUT2D eigenvalue weighted by molar-refractivity contribution is 0.110. The number of benzene rings is 1. The Morgan fingerprint density at radius 1 is 1.19 bits per heavy atom. The van der Waals surface area contributed by atoms with E-state index in [9.17, 15) is 9.59 Å². The molecular weight excluding hydrogens is 334 g/mol. The summed E-state index contributed by atoms with van der Waals surface area (Å²) in [7, 11) is 1.37. The predicted molar refractivity (Wildman–Crippen MR) is 96.9 cm³/mol. The van der Waals surface area contributed by atoms with E-state index < -0.39 is 0 Å². The summed E-state index contributed by atoms with van der Waals surface area (Å²) in [5.74, 6) is 0.505. The van der Waals surface area contributed by atoms with Crippen LogP contribution in [0.25, 0.3) is 0 Å². The van der Waals surface area contributed by atoms with Crippen LogP contribution in [0.5, 0.6) is 0 Å². The molecule has 2 aromatic rings. The van der Waals surface area contributed by atoms with Gasteiger partial charge in [-0.2, -0.15) is 5.10 Å². The Labute approximate surface area is 152 Å². The molecule has 1 aromatic carbocycles. The third-order valence-corrected chi connectivity index (χ3v) is 4.33. The normalized spacial score (nSPS) is 14.7. The van der Waals surface area contributed by atoms with Gasteiger partial charge in [-0.15, -0.1) is 0 Å². The van der Waals surface area contributed by atoms with Crippen molar-refractivity contribution in [1.29, 1.82) is 0 Å². The summed E-state index contributed by atoms with van der Waals surface area (Å²) in [5.41, 5.74) is 1.14. The minimum atomic E-state index is -0.322. The predicted octanol–water partition coefficient (Wildman–Crippen LogP) is 2.28. The van der Waals surface area contributed by atoms with Crippen molar-refractivity contribution in [2.24, 2.45) is 0 Å². The van der Waals surface area contributed by atoms with Crippen LogP contribution in [0.4, 0.5) is 15.4 Å². The first kappa shape index (κ1) is 17.8. The highest BCUT2D eigenvalue weighted by Crippen LogP contribution is 2.12. The van der Waals surface area contributed by atoms with E-state index in [4.69, 9.17) is 4.74 Å². The summed E-state index contributed by atoms with van der Waals surface area (Å²) in [6.45, 7) is 1.79. The smallest absolute Gasteiger partial charge is 0.409 e. The molecule has 1 saturated heterocycles. The number of anilines is 1. The number of carbonyl (C=O) groups excluding carboxylic acids is 2. The minimum Gasteiger partial charge on any atom is -0.453 e. The lowest BCUT2D eigenvalue weighted by Gasteiger charge is -2.31. The van der Waals surface area contributed by atoms with E-state index in [-0.39, 0.29) is 18.2 Å². The molecule has 8 nitrogen and oxygen atoms in total. The molecular formula is C18H23N5O3. The van der Waals surface area contributed by atoms with Gasteiger partial charge < -0.3 is 15.0 Å². The SMILES string of the molecule is COC(=O)N1CCC(NC(=O)Nc2ccn(Cc3ccccc3)n2)CC1. The van der Waals surface area contributed by atoms with E-state index >= 15 is 0 Å². The standard InChI is InChI=1S/C18H23N5O3/c1-26-18(25)22-10-7-15(8-11-22)19-17(24)20-16-9-12-23(21-16)13-14-5-3-2-4-6-14/h2-6,9,12,15H,7-8,10-11,13H2,1H3,(H2,19,20,21,24). The zero-order valence-electron chi connectivity index (χ0n) is 14.7. The van der Waals surface area contributed by atoms with Gasteiger partial charge >= 0.3 is 12.1 Å². The number of rotatable bonds is 4. The molecule has 0 aliphatic carbocycles. The number of carbonyl (C=O) groups is 2. The Kier molecular flexibility index (Phi) is 5.73. The number of nitrogens with one attached hydrogen (secondary N) is 2. The molecule has 138 valence electrons. The Hall–Kier alpha value is -3.03. The van der Waals surface area contributed by atoms with Gasteiger partial charge in [0.1, 0.15) is 0 Å². The number of methoxy groups -OCH3 is 1. The number of ether oxygens (including phenoxy) is 1. The molecule has 1 aliphatic rings. The molecule has 1 fully saturated rings. The highest BCUT2D eigenvalue weighted by molar-refractivity contribution is 5.88. The molecule has 2 N–H and O–H groups in total. The molecule has 3 rings (SSSR count). The molecule has 0 unspecified atom stereocenters. The number of likely N-dealkylation sites (tertiary alicyclic amines) is 1.